The van der Waals surface area contributed by atoms with Gasteiger partial charge in [-0.05, 0) is 26.0 Å². The Morgan fingerprint density at radius 3 is 2.79 bits per heavy atom. The first kappa shape index (κ1) is 12.9. The third-order valence-electron chi connectivity index (χ3n) is 2.64. The number of hydrogen-bond donors (Lipinski definition) is 2. The Hall–Kier alpha value is -2.57. The first-order valence-corrected chi connectivity index (χ1v) is 5.76. The quantitative estimate of drug-likeness (QED) is 0.862. The number of aryl methyl sites for hydroxylation is 2. The van der Waals surface area contributed by atoms with E-state index in [9.17, 15) is 9.59 Å². The number of carbonyl (C=O) groups excluding carboxylic acids is 2. The lowest BCUT2D eigenvalue weighted by molar-refractivity contribution is 0.0991. The van der Waals surface area contributed by atoms with E-state index in [-0.39, 0.29) is 11.5 Å². The molecule has 2 aromatic heterocycles. The second-order valence-electron chi connectivity index (χ2n) is 3.92. The standard InChI is InChI=1S/C12H14N4O3/c1-3-16-10(11(13)17)9(7(2)15-16)14-12(18)8-5-4-6-19-8/h4-6H,3H2,1-2H3,(H2,13,17)(H,14,18). The molecule has 2 amide bonds. The number of nitrogens with one attached hydrogen (secondary N) is 1. The molecule has 0 saturated carbocycles. The molecule has 0 bridgehead atoms. The van der Waals surface area contributed by atoms with Crippen molar-refractivity contribution in [3.05, 3.63) is 35.5 Å². The van der Waals surface area contributed by atoms with Crippen LogP contribution in [0.4, 0.5) is 5.69 Å². The highest BCUT2D eigenvalue weighted by atomic mass is 16.3. The van der Waals surface area contributed by atoms with Gasteiger partial charge in [0, 0.05) is 6.54 Å². The fraction of sp³-hybridized carbons (Fsp3) is 0.250. The molecule has 0 atom stereocenters. The van der Waals surface area contributed by atoms with Crippen LogP contribution in [-0.4, -0.2) is 21.6 Å². The van der Waals surface area contributed by atoms with E-state index in [1.807, 2.05) is 6.92 Å². The molecule has 3 N–H and O–H groups in total. The minimum atomic E-state index is -0.641. The Kier molecular flexibility index (Phi) is 3.37. The molecule has 0 aliphatic rings. The van der Waals surface area contributed by atoms with Gasteiger partial charge in [0.2, 0.25) is 0 Å². The Morgan fingerprint density at radius 1 is 1.53 bits per heavy atom. The number of hydrogen-bond acceptors (Lipinski definition) is 4. The largest absolute Gasteiger partial charge is 0.459 e. The zero-order chi connectivity index (χ0) is 14.0. The molecule has 0 radical (unpaired) electrons. The van der Waals surface area contributed by atoms with Crippen molar-refractivity contribution in [2.45, 2.75) is 20.4 Å². The molecule has 2 heterocycles. The van der Waals surface area contributed by atoms with Gasteiger partial charge in [-0.3, -0.25) is 14.3 Å². The summed E-state index contributed by atoms with van der Waals surface area (Å²) in [5.74, 6) is -0.942. The van der Waals surface area contributed by atoms with Crippen molar-refractivity contribution in [3.8, 4) is 0 Å². The maximum absolute atomic E-state index is 11.9. The van der Waals surface area contributed by atoms with Gasteiger partial charge in [0.05, 0.1) is 17.6 Å². The van der Waals surface area contributed by atoms with Crippen LogP contribution in [0.2, 0.25) is 0 Å². The van der Waals surface area contributed by atoms with Gasteiger partial charge >= 0.3 is 0 Å². The minimum absolute atomic E-state index is 0.152. The fourth-order valence-corrected chi connectivity index (χ4v) is 1.79. The van der Waals surface area contributed by atoms with Gasteiger partial charge < -0.3 is 15.5 Å². The third-order valence-corrected chi connectivity index (χ3v) is 2.64. The van der Waals surface area contributed by atoms with Crippen LogP contribution in [0.15, 0.2) is 22.8 Å². The topological polar surface area (TPSA) is 103 Å². The number of primary amides is 1. The number of amides is 2. The van der Waals surface area contributed by atoms with Crippen molar-refractivity contribution in [1.29, 1.82) is 0 Å². The SMILES string of the molecule is CCn1nc(C)c(NC(=O)c2ccco2)c1C(N)=O. The minimum Gasteiger partial charge on any atom is -0.459 e. The molecule has 2 aromatic rings. The number of rotatable bonds is 4. The summed E-state index contributed by atoms with van der Waals surface area (Å²) in [6.07, 6.45) is 1.40. The highest BCUT2D eigenvalue weighted by Gasteiger charge is 2.21. The van der Waals surface area contributed by atoms with Gasteiger partial charge in [-0.1, -0.05) is 0 Å². The van der Waals surface area contributed by atoms with Crippen LogP contribution in [0.1, 0.15) is 33.7 Å². The first-order chi connectivity index (χ1) is 9.04. The zero-order valence-corrected chi connectivity index (χ0v) is 10.6. The van der Waals surface area contributed by atoms with E-state index in [2.05, 4.69) is 10.4 Å². The zero-order valence-electron chi connectivity index (χ0n) is 10.6. The average molecular weight is 262 g/mol. The Balaban J connectivity index is 2.37. The summed E-state index contributed by atoms with van der Waals surface area (Å²) in [4.78, 5) is 23.4. The summed E-state index contributed by atoms with van der Waals surface area (Å²) >= 11 is 0. The molecule has 0 aliphatic heterocycles. The van der Waals surface area contributed by atoms with Gasteiger partial charge in [-0.2, -0.15) is 5.10 Å². The Bertz CT molecular complexity index is 613. The predicted octanol–water partition coefficient (Wildman–Crippen LogP) is 1.16. The van der Waals surface area contributed by atoms with Crippen LogP contribution in [0.25, 0.3) is 0 Å². The second kappa shape index (κ2) is 4.97. The maximum Gasteiger partial charge on any atom is 0.291 e. The summed E-state index contributed by atoms with van der Waals surface area (Å²) < 4.78 is 6.44. The van der Waals surface area contributed by atoms with Gasteiger partial charge in [0.15, 0.2) is 5.76 Å². The number of anilines is 1. The van der Waals surface area contributed by atoms with Crippen LogP contribution >= 0.6 is 0 Å². The van der Waals surface area contributed by atoms with Crippen molar-refractivity contribution < 1.29 is 14.0 Å². The summed E-state index contributed by atoms with van der Waals surface area (Å²) in [6, 6.07) is 3.13. The molecule has 0 aliphatic carbocycles. The highest BCUT2D eigenvalue weighted by Crippen LogP contribution is 2.21. The van der Waals surface area contributed by atoms with Crippen LogP contribution in [0, 0.1) is 6.92 Å². The molecular weight excluding hydrogens is 248 g/mol. The lowest BCUT2D eigenvalue weighted by atomic mass is 10.2. The first-order valence-electron chi connectivity index (χ1n) is 5.76. The molecule has 0 fully saturated rings. The van der Waals surface area contributed by atoms with Crippen LogP contribution in [0.5, 0.6) is 0 Å². The maximum atomic E-state index is 11.9. The third kappa shape index (κ3) is 2.35. The van der Waals surface area contributed by atoms with E-state index in [4.69, 9.17) is 10.2 Å². The molecule has 0 spiro atoms. The van der Waals surface area contributed by atoms with Crippen molar-refractivity contribution in [2.75, 3.05) is 5.32 Å². The predicted molar refractivity (Wildman–Crippen MR) is 67.8 cm³/mol. The van der Waals surface area contributed by atoms with E-state index in [0.717, 1.165) is 0 Å². The molecule has 0 aromatic carbocycles. The smallest absolute Gasteiger partial charge is 0.291 e. The molecular formula is C12H14N4O3. The van der Waals surface area contributed by atoms with Crippen molar-refractivity contribution in [1.82, 2.24) is 9.78 Å². The summed E-state index contributed by atoms with van der Waals surface area (Å²) in [6.45, 7) is 4.00. The van der Waals surface area contributed by atoms with Crippen molar-refractivity contribution in [3.63, 3.8) is 0 Å². The summed E-state index contributed by atoms with van der Waals surface area (Å²) in [5.41, 5.74) is 6.34. The molecule has 2 rings (SSSR count). The number of carbonyl (C=O) groups is 2. The molecule has 0 saturated heterocycles. The average Bonchev–Trinajstić information content (AvgIpc) is 2.97. The molecule has 0 unspecified atom stereocenters. The fourth-order valence-electron chi connectivity index (χ4n) is 1.79. The van der Waals surface area contributed by atoms with Crippen LogP contribution in [0.3, 0.4) is 0 Å². The van der Waals surface area contributed by atoms with Crippen molar-refractivity contribution >= 4 is 17.5 Å². The Morgan fingerprint density at radius 2 is 2.26 bits per heavy atom. The van der Waals surface area contributed by atoms with Gasteiger partial charge in [-0.25, -0.2) is 0 Å². The second-order valence-corrected chi connectivity index (χ2v) is 3.92. The van der Waals surface area contributed by atoms with E-state index in [1.165, 1.54) is 17.0 Å². The van der Waals surface area contributed by atoms with E-state index in [0.29, 0.717) is 17.9 Å². The summed E-state index contributed by atoms with van der Waals surface area (Å²) in [7, 11) is 0. The van der Waals surface area contributed by atoms with Gasteiger partial charge in [0.25, 0.3) is 11.8 Å². The molecule has 7 nitrogen and oxygen atoms in total. The summed E-state index contributed by atoms with van der Waals surface area (Å²) in [5, 5.41) is 6.76. The van der Waals surface area contributed by atoms with Crippen LogP contribution < -0.4 is 11.1 Å². The lowest BCUT2D eigenvalue weighted by Gasteiger charge is -2.05. The molecule has 19 heavy (non-hydrogen) atoms. The van der Waals surface area contributed by atoms with Crippen molar-refractivity contribution in [2.24, 2.45) is 5.73 Å². The number of nitrogens with zero attached hydrogens (tertiary/aromatic N) is 2. The Labute approximate surface area is 109 Å². The highest BCUT2D eigenvalue weighted by molar-refractivity contribution is 6.07. The molecule has 100 valence electrons. The monoisotopic (exact) mass is 262 g/mol. The van der Waals surface area contributed by atoms with Gasteiger partial charge in [0.1, 0.15) is 5.69 Å². The van der Waals surface area contributed by atoms with Gasteiger partial charge in [-0.15, -0.1) is 0 Å². The van der Waals surface area contributed by atoms with E-state index < -0.39 is 11.8 Å². The molecule has 7 heteroatoms. The normalized spacial score (nSPS) is 10.4. The number of aromatic nitrogens is 2. The van der Waals surface area contributed by atoms with Crippen LogP contribution in [-0.2, 0) is 6.54 Å². The van der Waals surface area contributed by atoms with E-state index in [1.54, 1.807) is 13.0 Å². The lowest BCUT2D eigenvalue weighted by Crippen LogP contribution is -2.21. The van der Waals surface area contributed by atoms with E-state index >= 15 is 0 Å². The number of furan rings is 1. The number of nitrogens with two attached hydrogens (primary N) is 1.